The molecule has 0 saturated heterocycles. The van der Waals surface area contributed by atoms with Crippen molar-refractivity contribution in [1.82, 2.24) is 9.97 Å². The smallest absolute Gasteiger partial charge is 0.160 e. The molecule has 1 aromatic heterocycles. The van der Waals surface area contributed by atoms with Crippen molar-refractivity contribution in [2.75, 3.05) is 16.8 Å². The van der Waals surface area contributed by atoms with Crippen LogP contribution in [-0.4, -0.2) is 23.3 Å². The summed E-state index contributed by atoms with van der Waals surface area (Å²) in [6.45, 7) is 0. The van der Waals surface area contributed by atoms with Gasteiger partial charge in [0.25, 0.3) is 0 Å². The van der Waals surface area contributed by atoms with Gasteiger partial charge in [-0.2, -0.15) is 0 Å². The first-order chi connectivity index (χ1) is 8.68. The number of aromatic nitrogens is 2. The van der Waals surface area contributed by atoms with E-state index in [0.717, 1.165) is 11.4 Å². The van der Waals surface area contributed by atoms with Gasteiger partial charge in [-0.25, -0.2) is 9.97 Å². The fourth-order valence-corrected chi connectivity index (χ4v) is 2.28. The van der Waals surface area contributed by atoms with Gasteiger partial charge in [0.1, 0.15) is 17.3 Å². The van der Waals surface area contributed by atoms with Gasteiger partial charge < -0.3 is 4.90 Å². The van der Waals surface area contributed by atoms with Gasteiger partial charge in [-0.3, -0.25) is 10.6 Å². The van der Waals surface area contributed by atoms with Crippen molar-refractivity contribution in [2.45, 2.75) is 6.29 Å². The summed E-state index contributed by atoms with van der Waals surface area (Å²) in [6, 6.07) is 9.70. The second kappa shape index (κ2) is 4.12. The summed E-state index contributed by atoms with van der Waals surface area (Å²) in [5.74, 6) is 0.694. The van der Waals surface area contributed by atoms with Gasteiger partial charge in [-0.1, -0.05) is 23.7 Å². The molecular formula is C12H12ClN5. The summed E-state index contributed by atoms with van der Waals surface area (Å²) in [6.07, 6.45) is 1.14. The van der Waals surface area contributed by atoms with Gasteiger partial charge in [0, 0.05) is 13.1 Å². The highest BCUT2D eigenvalue weighted by molar-refractivity contribution is 6.29. The van der Waals surface area contributed by atoms with Crippen LogP contribution in [0.2, 0.25) is 5.15 Å². The zero-order chi connectivity index (χ0) is 12.7. The SMILES string of the molecule is CN1c2ccccc2N(c2cc(Cl)ncn2)C1N. The third-order valence-electron chi connectivity index (χ3n) is 3.05. The lowest BCUT2D eigenvalue weighted by Crippen LogP contribution is -2.46. The maximum Gasteiger partial charge on any atom is 0.160 e. The molecular weight excluding hydrogens is 250 g/mol. The molecule has 0 spiro atoms. The lowest BCUT2D eigenvalue weighted by Gasteiger charge is -2.26. The van der Waals surface area contributed by atoms with E-state index in [1.807, 2.05) is 41.1 Å². The Morgan fingerprint density at radius 2 is 1.94 bits per heavy atom. The highest BCUT2D eigenvalue weighted by Crippen LogP contribution is 2.40. The minimum Gasteiger partial charge on any atom is -0.340 e. The van der Waals surface area contributed by atoms with Crippen LogP contribution in [0.4, 0.5) is 17.2 Å². The first-order valence-corrected chi connectivity index (χ1v) is 5.90. The number of rotatable bonds is 1. The van der Waals surface area contributed by atoms with E-state index >= 15 is 0 Å². The molecule has 6 heteroatoms. The Labute approximate surface area is 110 Å². The molecule has 1 aliphatic rings. The predicted octanol–water partition coefficient (Wildman–Crippen LogP) is 1.96. The Kier molecular flexibility index (Phi) is 2.57. The van der Waals surface area contributed by atoms with Crippen LogP contribution in [0.5, 0.6) is 0 Å². The standard InChI is InChI=1S/C12H12ClN5/c1-17-8-4-2-3-5-9(8)18(12(17)14)11-6-10(13)15-7-16-11/h2-7,12H,14H2,1H3. The minimum atomic E-state index is -0.298. The molecule has 0 amide bonds. The van der Waals surface area contributed by atoms with Crippen LogP contribution in [0, 0.1) is 0 Å². The van der Waals surface area contributed by atoms with Crippen molar-refractivity contribution >= 4 is 28.8 Å². The van der Waals surface area contributed by atoms with Crippen LogP contribution in [0.3, 0.4) is 0 Å². The first kappa shape index (κ1) is 11.3. The maximum absolute atomic E-state index is 6.20. The Morgan fingerprint density at radius 3 is 2.67 bits per heavy atom. The third kappa shape index (κ3) is 1.60. The monoisotopic (exact) mass is 261 g/mol. The second-order valence-electron chi connectivity index (χ2n) is 4.08. The number of halogens is 1. The second-order valence-corrected chi connectivity index (χ2v) is 4.47. The fraction of sp³-hybridized carbons (Fsp3) is 0.167. The Hall–Kier alpha value is -1.85. The molecule has 0 fully saturated rings. The van der Waals surface area contributed by atoms with Gasteiger partial charge >= 0.3 is 0 Å². The Bertz CT molecular complexity index is 588. The molecule has 3 rings (SSSR count). The zero-order valence-corrected chi connectivity index (χ0v) is 10.5. The van der Waals surface area contributed by atoms with Crippen LogP contribution >= 0.6 is 11.6 Å². The van der Waals surface area contributed by atoms with E-state index in [1.165, 1.54) is 6.33 Å². The molecule has 0 aliphatic carbocycles. The van der Waals surface area contributed by atoms with Crippen LogP contribution in [0.25, 0.3) is 0 Å². The summed E-state index contributed by atoms with van der Waals surface area (Å²) in [5, 5.41) is 0.402. The molecule has 0 bridgehead atoms. The van der Waals surface area contributed by atoms with E-state index in [9.17, 15) is 0 Å². The molecule has 1 atom stereocenters. The average molecular weight is 262 g/mol. The molecule has 92 valence electrons. The van der Waals surface area contributed by atoms with E-state index < -0.39 is 0 Å². The topological polar surface area (TPSA) is 58.3 Å². The average Bonchev–Trinajstić information content (AvgIpc) is 2.63. The lowest BCUT2D eigenvalue weighted by atomic mass is 10.2. The molecule has 1 unspecified atom stereocenters. The number of nitrogens with zero attached hydrogens (tertiary/aromatic N) is 4. The van der Waals surface area contributed by atoms with Crippen molar-refractivity contribution < 1.29 is 0 Å². The van der Waals surface area contributed by atoms with E-state index in [-0.39, 0.29) is 6.29 Å². The van der Waals surface area contributed by atoms with Crippen molar-refractivity contribution in [3.05, 3.63) is 41.8 Å². The van der Waals surface area contributed by atoms with E-state index in [4.69, 9.17) is 17.3 Å². The quantitative estimate of drug-likeness (QED) is 0.796. The number of nitrogens with two attached hydrogens (primary N) is 1. The molecule has 2 aromatic rings. The number of anilines is 3. The van der Waals surface area contributed by atoms with Gasteiger partial charge in [0.05, 0.1) is 11.4 Å². The molecule has 0 radical (unpaired) electrons. The van der Waals surface area contributed by atoms with Gasteiger partial charge in [0.15, 0.2) is 6.29 Å². The number of benzene rings is 1. The summed E-state index contributed by atoms with van der Waals surface area (Å²) >= 11 is 5.90. The van der Waals surface area contributed by atoms with Crippen LogP contribution in [0.15, 0.2) is 36.7 Å². The predicted molar refractivity (Wildman–Crippen MR) is 72.0 cm³/mol. The van der Waals surface area contributed by atoms with E-state index in [2.05, 4.69) is 9.97 Å². The normalized spacial score (nSPS) is 18.1. The molecule has 2 N–H and O–H groups in total. The van der Waals surface area contributed by atoms with Gasteiger partial charge in [-0.05, 0) is 12.1 Å². The van der Waals surface area contributed by atoms with Crippen molar-refractivity contribution in [1.29, 1.82) is 0 Å². The van der Waals surface area contributed by atoms with Crippen LogP contribution < -0.4 is 15.5 Å². The van der Waals surface area contributed by atoms with Gasteiger partial charge in [0.2, 0.25) is 0 Å². The summed E-state index contributed by atoms with van der Waals surface area (Å²) < 4.78 is 0. The number of hydrogen-bond donors (Lipinski definition) is 1. The van der Waals surface area contributed by atoms with Crippen molar-refractivity contribution in [3.8, 4) is 0 Å². The van der Waals surface area contributed by atoms with Crippen molar-refractivity contribution in [3.63, 3.8) is 0 Å². The Balaban J connectivity index is 2.13. The van der Waals surface area contributed by atoms with Gasteiger partial charge in [-0.15, -0.1) is 0 Å². The zero-order valence-electron chi connectivity index (χ0n) is 9.79. The third-order valence-corrected chi connectivity index (χ3v) is 3.26. The molecule has 0 saturated carbocycles. The lowest BCUT2D eigenvalue weighted by molar-refractivity contribution is 0.694. The summed E-state index contributed by atoms with van der Waals surface area (Å²) in [5.41, 5.74) is 8.29. The molecule has 5 nitrogen and oxygen atoms in total. The molecule has 18 heavy (non-hydrogen) atoms. The van der Waals surface area contributed by atoms with E-state index in [0.29, 0.717) is 11.0 Å². The highest BCUT2D eigenvalue weighted by Gasteiger charge is 2.32. The molecule has 1 aliphatic heterocycles. The number of hydrogen-bond acceptors (Lipinski definition) is 5. The Morgan fingerprint density at radius 1 is 1.22 bits per heavy atom. The van der Waals surface area contributed by atoms with Crippen molar-refractivity contribution in [2.24, 2.45) is 5.73 Å². The maximum atomic E-state index is 6.20. The minimum absolute atomic E-state index is 0.298. The number of para-hydroxylation sites is 2. The molecule has 2 heterocycles. The molecule has 1 aromatic carbocycles. The largest absolute Gasteiger partial charge is 0.340 e. The highest BCUT2D eigenvalue weighted by atomic mass is 35.5. The van der Waals surface area contributed by atoms with Crippen LogP contribution in [0.1, 0.15) is 0 Å². The van der Waals surface area contributed by atoms with Crippen LogP contribution in [-0.2, 0) is 0 Å². The fourth-order valence-electron chi connectivity index (χ4n) is 2.14. The number of fused-ring (bicyclic) bond motifs is 1. The first-order valence-electron chi connectivity index (χ1n) is 5.53. The van der Waals surface area contributed by atoms with E-state index in [1.54, 1.807) is 6.07 Å². The summed E-state index contributed by atoms with van der Waals surface area (Å²) in [4.78, 5) is 12.0. The summed E-state index contributed by atoms with van der Waals surface area (Å²) in [7, 11) is 1.95.